The van der Waals surface area contributed by atoms with E-state index >= 15 is 0 Å². The number of thioether (sulfide) groups is 1. The van der Waals surface area contributed by atoms with Crippen LogP contribution in [0, 0.1) is 0 Å². The van der Waals surface area contributed by atoms with E-state index in [1.165, 1.54) is 36.4 Å². The number of amides is 1. The number of rotatable bonds is 6. The number of phenolic OH excluding ortho intramolecular Hbond substituents is 1. The molecule has 0 radical (unpaired) electrons. The zero-order valence-corrected chi connectivity index (χ0v) is 13.1. The molecule has 0 atom stereocenters. The number of hydrogen-bond donors (Lipinski definition) is 2. The second-order valence-corrected chi connectivity index (χ2v) is 5.55. The lowest BCUT2D eigenvalue weighted by Gasteiger charge is -2.11. The Morgan fingerprint density at radius 2 is 1.79 bits per heavy atom. The number of ether oxygens (including phenoxy) is 1. The molecule has 0 heterocycles. The van der Waals surface area contributed by atoms with Crippen LogP contribution in [0.15, 0.2) is 53.4 Å². The number of benzene rings is 2. The van der Waals surface area contributed by atoms with Crippen LogP contribution in [0.1, 0.15) is 10.4 Å². The maximum Gasteiger partial charge on any atom is 0.342 e. The summed E-state index contributed by atoms with van der Waals surface area (Å²) in [5.41, 5.74) is 0.130. The van der Waals surface area contributed by atoms with Gasteiger partial charge in [0.1, 0.15) is 11.3 Å². The molecule has 2 aromatic carbocycles. The van der Waals surface area contributed by atoms with Crippen molar-refractivity contribution in [2.75, 3.05) is 11.9 Å². The van der Waals surface area contributed by atoms with E-state index in [0.29, 0.717) is 11.8 Å². The van der Waals surface area contributed by atoms with Gasteiger partial charge in [0.05, 0.1) is 5.69 Å². The average Bonchev–Trinajstić information content (AvgIpc) is 2.54. The van der Waals surface area contributed by atoms with Gasteiger partial charge in [-0.15, -0.1) is 0 Å². The molecule has 2 rings (SSSR count). The highest BCUT2D eigenvalue weighted by Gasteiger charge is 2.15. The second kappa shape index (κ2) is 8.30. The van der Waals surface area contributed by atoms with Crippen molar-refractivity contribution in [3.05, 3.63) is 54.1 Å². The van der Waals surface area contributed by atoms with Crippen LogP contribution in [-0.4, -0.2) is 29.3 Å². The van der Waals surface area contributed by atoms with Gasteiger partial charge in [-0.25, -0.2) is 4.79 Å². The minimum absolute atomic E-state index is 0.0704. The Morgan fingerprint density at radius 1 is 1.12 bits per heavy atom. The highest BCUT2D eigenvalue weighted by atomic mass is 32.2. The Balaban J connectivity index is 1.95. The minimum atomic E-state index is -2.62. The normalized spacial score (nSPS) is 10.5. The van der Waals surface area contributed by atoms with Gasteiger partial charge in [-0.2, -0.15) is 8.78 Å². The molecule has 0 spiro atoms. The number of nitrogens with one attached hydrogen (secondary N) is 1. The SMILES string of the molecule is O=C(COC(=O)c1ccccc1O)Nc1ccccc1SC(F)F. The van der Waals surface area contributed by atoms with Crippen LogP contribution in [0.2, 0.25) is 0 Å². The monoisotopic (exact) mass is 353 g/mol. The largest absolute Gasteiger partial charge is 0.507 e. The van der Waals surface area contributed by atoms with Crippen LogP contribution < -0.4 is 5.32 Å². The Hall–Kier alpha value is -2.61. The fourth-order valence-electron chi connectivity index (χ4n) is 1.81. The quantitative estimate of drug-likeness (QED) is 0.614. The molecule has 0 saturated heterocycles. The average molecular weight is 353 g/mol. The lowest BCUT2D eigenvalue weighted by molar-refractivity contribution is -0.119. The molecule has 2 N–H and O–H groups in total. The van der Waals surface area contributed by atoms with Gasteiger partial charge < -0.3 is 15.2 Å². The van der Waals surface area contributed by atoms with E-state index in [2.05, 4.69) is 5.32 Å². The van der Waals surface area contributed by atoms with Crippen LogP contribution in [0.5, 0.6) is 5.75 Å². The number of alkyl halides is 2. The zero-order chi connectivity index (χ0) is 17.5. The molecule has 8 heteroatoms. The number of carbonyl (C=O) groups is 2. The summed E-state index contributed by atoms with van der Waals surface area (Å²) < 4.78 is 29.7. The van der Waals surface area contributed by atoms with Crippen molar-refractivity contribution in [3.8, 4) is 5.75 Å². The first-order valence-corrected chi connectivity index (χ1v) is 7.64. The zero-order valence-electron chi connectivity index (χ0n) is 12.2. The number of anilines is 1. The molecule has 0 unspecified atom stereocenters. The van der Waals surface area contributed by atoms with Gasteiger partial charge >= 0.3 is 5.97 Å². The first-order chi connectivity index (χ1) is 11.5. The van der Waals surface area contributed by atoms with Gasteiger partial charge in [0.25, 0.3) is 11.7 Å². The van der Waals surface area contributed by atoms with Gasteiger partial charge in [0.2, 0.25) is 0 Å². The van der Waals surface area contributed by atoms with Crippen LogP contribution in [0.25, 0.3) is 0 Å². The summed E-state index contributed by atoms with van der Waals surface area (Å²) >= 11 is 0.301. The maximum absolute atomic E-state index is 12.5. The lowest BCUT2D eigenvalue weighted by atomic mass is 10.2. The number of esters is 1. The van der Waals surface area contributed by atoms with E-state index in [9.17, 15) is 23.5 Å². The van der Waals surface area contributed by atoms with Crippen molar-refractivity contribution < 1.29 is 28.2 Å². The summed E-state index contributed by atoms with van der Waals surface area (Å²) in [5.74, 6) is -4.43. The van der Waals surface area contributed by atoms with Crippen molar-refractivity contribution >= 4 is 29.3 Å². The van der Waals surface area contributed by atoms with E-state index in [-0.39, 0.29) is 21.9 Å². The molecule has 0 saturated carbocycles. The molecule has 5 nitrogen and oxygen atoms in total. The molecule has 0 aliphatic carbocycles. The lowest BCUT2D eigenvalue weighted by Crippen LogP contribution is -2.21. The molecule has 126 valence electrons. The molecule has 0 aromatic heterocycles. The number of phenols is 1. The Labute approximate surface area is 140 Å². The van der Waals surface area contributed by atoms with Crippen molar-refractivity contribution in [1.29, 1.82) is 0 Å². The Bertz CT molecular complexity index is 740. The molecule has 0 aliphatic rings. The van der Waals surface area contributed by atoms with Crippen LogP contribution in [0.3, 0.4) is 0 Å². The van der Waals surface area contributed by atoms with Gasteiger partial charge in [-0.05, 0) is 24.3 Å². The maximum atomic E-state index is 12.5. The fourth-order valence-corrected chi connectivity index (χ4v) is 2.41. The number of para-hydroxylation sites is 2. The summed E-state index contributed by atoms with van der Waals surface area (Å²) in [6, 6.07) is 11.8. The third-order valence-electron chi connectivity index (χ3n) is 2.84. The Morgan fingerprint density at radius 3 is 2.50 bits per heavy atom. The van der Waals surface area contributed by atoms with Gasteiger partial charge in [-0.3, -0.25) is 4.79 Å². The van der Waals surface area contributed by atoms with Crippen LogP contribution >= 0.6 is 11.8 Å². The third-order valence-corrected chi connectivity index (χ3v) is 3.62. The molecule has 24 heavy (non-hydrogen) atoms. The van der Waals surface area contributed by atoms with Gasteiger partial charge in [0.15, 0.2) is 6.61 Å². The smallest absolute Gasteiger partial charge is 0.342 e. The van der Waals surface area contributed by atoms with Crippen molar-refractivity contribution in [2.45, 2.75) is 10.7 Å². The van der Waals surface area contributed by atoms with E-state index < -0.39 is 24.2 Å². The molecular weight excluding hydrogens is 340 g/mol. The number of halogens is 2. The third kappa shape index (κ3) is 4.95. The minimum Gasteiger partial charge on any atom is -0.507 e. The van der Waals surface area contributed by atoms with Crippen molar-refractivity contribution in [3.63, 3.8) is 0 Å². The van der Waals surface area contributed by atoms with Gasteiger partial charge in [-0.1, -0.05) is 36.0 Å². The predicted molar refractivity (Wildman–Crippen MR) is 85.3 cm³/mol. The molecule has 1 amide bonds. The van der Waals surface area contributed by atoms with E-state index in [0.717, 1.165) is 0 Å². The highest BCUT2D eigenvalue weighted by molar-refractivity contribution is 7.99. The van der Waals surface area contributed by atoms with E-state index in [1.807, 2.05) is 0 Å². The molecule has 0 bridgehead atoms. The van der Waals surface area contributed by atoms with Crippen LogP contribution in [0.4, 0.5) is 14.5 Å². The first-order valence-electron chi connectivity index (χ1n) is 6.76. The number of hydrogen-bond acceptors (Lipinski definition) is 5. The van der Waals surface area contributed by atoms with E-state index in [4.69, 9.17) is 4.74 Å². The summed E-state index contributed by atoms with van der Waals surface area (Å²) in [6.07, 6.45) is 0. The molecule has 2 aromatic rings. The second-order valence-electron chi connectivity index (χ2n) is 4.52. The topological polar surface area (TPSA) is 75.6 Å². The Kier molecular flexibility index (Phi) is 6.14. The summed E-state index contributed by atoms with van der Waals surface area (Å²) in [4.78, 5) is 23.8. The molecular formula is C16H13F2NO4S. The number of carbonyl (C=O) groups excluding carboxylic acids is 2. The molecule has 0 aliphatic heterocycles. The summed E-state index contributed by atoms with van der Waals surface area (Å²) in [5, 5.41) is 11.9. The highest BCUT2D eigenvalue weighted by Crippen LogP contribution is 2.31. The molecule has 0 fully saturated rings. The summed E-state index contributed by atoms with van der Waals surface area (Å²) in [7, 11) is 0. The van der Waals surface area contributed by atoms with E-state index in [1.54, 1.807) is 12.1 Å². The fraction of sp³-hybridized carbons (Fsp3) is 0.125. The first kappa shape index (κ1) is 17.7. The van der Waals surface area contributed by atoms with Crippen molar-refractivity contribution in [1.82, 2.24) is 0 Å². The predicted octanol–water partition coefficient (Wildman–Crippen LogP) is 3.50. The number of aromatic hydroxyl groups is 1. The van der Waals surface area contributed by atoms with Gasteiger partial charge in [0, 0.05) is 4.90 Å². The summed E-state index contributed by atoms with van der Waals surface area (Å²) in [6.45, 7) is -0.610. The van der Waals surface area contributed by atoms with Crippen LogP contribution in [-0.2, 0) is 9.53 Å². The standard InChI is InChI=1S/C16H13F2NO4S/c17-16(18)24-13-8-4-2-6-11(13)19-14(21)9-23-15(22)10-5-1-3-7-12(10)20/h1-8,16,20H,9H2,(H,19,21). The van der Waals surface area contributed by atoms with Crippen molar-refractivity contribution in [2.24, 2.45) is 0 Å².